The molecule has 1 fully saturated rings. The molecule has 3 heteroatoms. The minimum Gasteiger partial charge on any atom is -0.481 e. The molecule has 0 atom stereocenters. The molecule has 2 N–H and O–H groups in total. The number of hydrogen-bond donors (Lipinski definition) is 2. The number of carboxylic acids is 1. The van der Waals surface area contributed by atoms with E-state index in [0.29, 0.717) is 0 Å². The SMILES string of the molecule is O=C(O)C1(C2=CCNCC2)CC1. The molecule has 0 saturated heterocycles. The fourth-order valence-corrected chi connectivity index (χ4v) is 1.85. The van der Waals surface area contributed by atoms with Crippen LogP contribution in [-0.2, 0) is 4.79 Å². The summed E-state index contributed by atoms with van der Waals surface area (Å²) in [6.45, 7) is 1.77. The van der Waals surface area contributed by atoms with Crippen molar-refractivity contribution in [2.75, 3.05) is 13.1 Å². The molecule has 2 rings (SSSR count). The summed E-state index contributed by atoms with van der Waals surface area (Å²) in [4.78, 5) is 10.9. The molecule has 0 unspecified atom stereocenters. The molecule has 2 aliphatic rings. The van der Waals surface area contributed by atoms with E-state index in [1.807, 2.05) is 6.08 Å². The van der Waals surface area contributed by atoms with Crippen LogP contribution in [0.2, 0.25) is 0 Å². The second-order valence-electron chi connectivity index (χ2n) is 3.57. The molecule has 0 aromatic heterocycles. The van der Waals surface area contributed by atoms with Crippen LogP contribution in [0.5, 0.6) is 0 Å². The third-order valence-corrected chi connectivity index (χ3v) is 2.84. The smallest absolute Gasteiger partial charge is 0.313 e. The summed E-state index contributed by atoms with van der Waals surface area (Å²) < 4.78 is 0. The Morgan fingerprint density at radius 1 is 1.58 bits per heavy atom. The molecule has 66 valence electrons. The van der Waals surface area contributed by atoms with Crippen molar-refractivity contribution in [1.29, 1.82) is 0 Å². The lowest BCUT2D eigenvalue weighted by atomic mass is 9.91. The van der Waals surface area contributed by atoms with Crippen LogP contribution < -0.4 is 5.32 Å². The van der Waals surface area contributed by atoms with Crippen molar-refractivity contribution in [3.8, 4) is 0 Å². The predicted octanol–water partition coefficient (Wildman–Crippen LogP) is 0.771. The molecule has 1 saturated carbocycles. The van der Waals surface area contributed by atoms with Gasteiger partial charge in [-0.05, 0) is 25.8 Å². The molecule has 3 nitrogen and oxygen atoms in total. The molecule has 1 aliphatic carbocycles. The van der Waals surface area contributed by atoms with Gasteiger partial charge in [-0.3, -0.25) is 4.79 Å². The zero-order valence-electron chi connectivity index (χ0n) is 6.97. The van der Waals surface area contributed by atoms with Gasteiger partial charge in [-0.15, -0.1) is 0 Å². The first kappa shape index (κ1) is 7.80. The lowest BCUT2D eigenvalue weighted by Gasteiger charge is -2.19. The molecular weight excluding hydrogens is 154 g/mol. The molecule has 12 heavy (non-hydrogen) atoms. The summed E-state index contributed by atoms with van der Waals surface area (Å²) in [6.07, 6.45) is 4.64. The molecule has 0 bridgehead atoms. The van der Waals surface area contributed by atoms with E-state index in [4.69, 9.17) is 5.11 Å². The van der Waals surface area contributed by atoms with Crippen molar-refractivity contribution in [3.05, 3.63) is 11.6 Å². The van der Waals surface area contributed by atoms with Gasteiger partial charge in [0.1, 0.15) is 0 Å². The molecule has 0 amide bonds. The van der Waals surface area contributed by atoms with Gasteiger partial charge < -0.3 is 10.4 Å². The topological polar surface area (TPSA) is 49.3 Å². The van der Waals surface area contributed by atoms with Crippen molar-refractivity contribution in [3.63, 3.8) is 0 Å². The third-order valence-electron chi connectivity index (χ3n) is 2.84. The van der Waals surface area contributed by atoms with E-state index in [2.05, 4.69) is 5.32 Å². The first-order valence-electron chi connectivity index (χ1n) is 4.39. The van der Waals surface area contributed by atoms with Gasteiger partial charge in [0.15, 0.2) is 0 Å². The lowest BCUT2D eigenvalue weighted by Crippen LogP contribution is -2.27. The van der Waals surface area contributed by atoms with Crippen LogP contribution in [0.15, 0.2) is 11.6 Å². The van der Waals surface area contributed by atoms with Crippen molar-refractivity contribution in [2.45, 2.75) is 19.3 Å². The number of carbonyl (C=O) groups is 1. The summed E-state index contributed by atoms with van der Waals surface area (Å²) in [6, 6.07) is 0. The van der Waals surface area contributed by atoms with Crippen LogP contribution in [0.3, 0.4) is 0 Å². The van der Waals surface area contributed by atoms with Crippen LogP contribution in [0.4, 0.5) is 0 Å². The van der Waals surface area contributed by atoms with Gasteiger partial charge in [0, 0.05) is 6.54 Å². The number of hydrogen-bond acceptors (Lipinski definition) is 2. The van der Waals surface area contributed by atoms with Gasteiger partial charge in [-0.1, -0.05) is 11.6 Å². The summed E-state index contributed by atoms with van der Waals surface area (Å²) in [5.41, 5.74) is 0.705. The lowest BCUT2D eigenvalue weighted by molar-refractivity contribution is -0.141. The maximum absolute atomic E-state index is 10.9. The summed E-state index contributed by atoms with van der Waals surface area (Å²) in [5.74, 6) is -0.629. The van der Waals surface area contributed by atoms with E-state index in [0.717, 1.165) is 37.9 Å². The van der Waals surface area contributed by atoms with Gasteiger partial charge in [0.2, 0.25) is 0 Å². The minimum absolute atomic E-state index is 0.442. The van der Waals surface area contributed by atoms with Crippen molar-refractivity contribution in [2.24, 2.45) is 5.41 Å². The van der Waals surface area contributed by atoms with E-state index in [9.17, 15) is 4.79 Å². The summed E-state index contributed by atoms with van der Waals surface area (Å²) >= 11 is 0. The molecule has 1 aliphatic heterocycles. The third kappa shape index (κ3) is 1.05. The minimum atomic E-state index is -0.629. The zero-order valence-corrected chi connectivity index (χ0v) is 6.97. The fraction of sp³-hybridized carbons (Fsp3) is 0.667. The van der Waals surface area contributed by atoms with Crippen LogP contribution in [0.25, 0.3) is 0 Å². The Balaban J connectivity index is 2.17. The molecule has 0 spiro atoms. The highest BCUT2D eigenvalue weighted by atomic mass is 16.4. The van der Waals surface area contributed by atoms with E-state index >= 15 is 0 Å². The average molecular weight is 167 g/mol. The van der Waals surface area contributed by atoms with Gasteiger partial charge >= 0.3 is 5.97 Å². The highest BCUT2D eigenvalue weighted by molar-refractivity contribution is 5.82. The zero-order chi connectivity index (χ0) is 8.60. The largest absolute Gasteiger partial charge is 0.481 e. The Bertz CT molecular complexity index is 241. The van der Waals surface area contributed by atoms with E-state index in [1.54, 1.807) is 0 Å². The average Bonchev–Trinajstić information content (AvgIpc) is 2.86. The second-order valence-corrected chi connectivity index (χ2v) is 3.57. The number of nitrogens with one attached hydrogen (secondary N) is 1. The number of aliphatic carboxylic acids is 1. The fourth-order valence-electron chi connectivity index (χ4n) is 1.85. The first-order chi connectivity index (χ1) is 5.76. The summed E-state index contributed by atoms with van der Waals surface area (Å²) in [5, 5.41) is 12.2. The van der Waals surface area contributed by atoms with Crippen LogP contribution in [-0.4, -0.2) is 24.2 Å². The molecular formula is C9H13NO2. The highest BCUT2D eigenvalue weighted by Gasteiger charge is 2.52. The van der Waals surface area contributed by atoms with Crippen LogP contribution in [0, 0.1) is 5.41 Å². The Morgan fingerprint density at radius 2 is 2.33 bits per heavy atom. The quantitative estimate of drug-likeness (QED) is 0.597. The molecule has 0 aromatic rings. The van der Waals surface area contributed by atoms with Crippen molar-refractivity contribution >= 4 is 5.97 Å². The van der Waals surface area contributed by atoms with E-state index in [1.165, 1.54) is 0 Å². The van der Waals surface area contributed by atoms with Gasteiger partial charge in [-0.25, -0.2) is 0 Å². The Kier molecular flexibility index (Phi) is 1.68. The van der Waals surface area contributed by atoms with Crippen LogP contribution in [0.1, 0.15) is 19.3 Å². The Hall–Kier alpha value is -0.830. The maximum Gasteiger partial charge on any atom is 0.313 e. The monoisotopic (exact) mass is 167 g/mol. The Morgan fingerprint density at radius 3 is 2.75 bits per heavy atom. The van der Waals surface area contributed by atoms with Crippen LogP contribution >= 0.6 is 0 Å². The van der Waals surface area contributed by atoms with E-state index < -0.39 is 11.4 Å². The summed E-state index contributed by atoms with van der Waals surface area (Å²) in [7, 11) is 0. The molecule has 0 aromatic carbocycles. The molecule has 0 radical (unpaired) electrons. The number of carboxylic acid groups (broad SMARTS) is 1. The second kappa shape index (κ2) is 2.59. The van der Waals surface area contributed by atoms with E-state index in [-0.39, 0.29) is 0 Å². The van der Waals surface area contributed by atoms with Gasteiger partial charge in [0.25, 0.3) is 0 Å². The van der Waals surface area contributed by atoms with Crippen molar-refractivity contribution < 1.29 is 9.90 Å². The molecule has 1 heterocycles. The van der Waals surface area contributed by atoms with Crippen molar-refractivity contribution in [1.82, 2.24) is 5.32 Å². The highest BCUT2D eigenvalue weighted by Crippen LogP contribution is 2.53. The maximum atomic E-state index is 10.9. The predicted molar refractivity (Wildman–Crippen MR) is 44.9 cm³/mol. The van der Waals surface area contributed by atoms with Gasteiger partial charge in [0.05, 0.1) is 5.41 Å². The standard InChI is InChI=1S/C9H13NO2/c11-8(12)9(3-4-9)7-1-5-10-6-2-7/h1,10H,2-6H2,(H,11,12). The number of rotatable bonds is 2. The Labute approximate surface area is 71.5 Å². The normalized spacial score (nSPS) is 26.2. The first-order valence-corrected chi connectivity index (χ1v) is 4.39. The van der Waals surface area contributed by atoms with Gasteiger partial charge in [-0.2, -0.15) is 0 Å².